The second kappa shape index (κ2) is 4.00. The van der Waals surface area contributed by atoms with Gasteiger partial charge in [-0.05, 0) is 42.9 Å². The molecule has 3 unspecified atom stereocenters. The van der Waals surface area contributed by atoms with Gasteiger partial charge in [-0.1, -0.05) is 27.7 Å². The van der Waals surface area contributed by atoms with Gasteiger partial charge < -0.3 is 5.73 Å². The lowest BCUT2D eigenvalue weighted by atomic mass is 9.71. The van der Waals surface area contributed by atoms with Gasteiger partial charge in [-0.25, -0.2) is 0 Å². The zero-order valence-corrected chi connectivity index (χ0v) is 9.64. The van der Waals surface area contributed by atoms with Gasteiger partial charge in [0.1, 0.15) is 0 Å². The molecule has 1 nitrogen and oxygen atoms in total. The highest BCUT2D eigenvalue weighted by Gasteiger charge is 2.28. The first kappa shape index (κ1) is 11.0. The molecule has 0 saturated heterocycles. The monoisotopic (exact) mass is 183 g/mol. The van der Waals surface area contributed by atoms with E-state index >= 15 is 0 Å². The first-order valence-corrected chi connectivity index (χ1v) is 5.64. The number of hydrogen-bond donors (Lipinski definition) is 1. The van der Waals surface area contributed by atoms with Gasteiger partial charge in [0.05, 0.1) is 0 Å². The van der Waals surface area contributed by atoms with Crippen molar-refractivity contribution in [3.8, 4) is 0 Å². The van der Waals surface area contributed by atoms with E-state index in [1.165, 1.54) is 25.7 Å². The highest BCUT2D eigenvalue weighted by molar-refractivity contribution is 4.82. The third-order valence-electron chi connectivity index (χ3n) is 3.26. The molecule has 1 aliphatic rings. The topological polar surface area (TPSA) is 26.0 Å². The van der Waals surface area contributed by atoms with Crippen molar-refractivity contribution in [1.82, 2.24) is 0 Å². The maximum absolute atomic E-state index is 5.95. The lowest BCUT2D eigenvalue weighted by Gasteiger charge is -2.36. The maximum Gasteiger partial charge on any atom is 0.00415 e. The molecule has 0 spiro atoms. The van der Waals surface area contributed by atoms with Crippen molar-refractivity contribution in [3.63, 3.8) is 0 Å². The minimum absolute atomic E-state index is 0.478. The molecule has 2 N–H and O–H groups in total. The van der Waals surface area contributed by atoms with Gasteiger partial charge in [0.15, 0.2) is 0 Å². The van der Waals surface area contributed by atoms with Crippen LogP contribution in [0.5, 0.6) is 0 Å². The second-order valence-corrected chi connectivity index (χ2v) is 6.08. The lowest BCUT2D eigenvalue weighted by molar-refractivity contribution is 0.167. The summed E-state index contributed by atoms with van der Waals surface area (Å²) in [6, 6.07) is 0.478. The minimum Gasteiger partial charge on any atom is -0.328 e. The van der Waals surface area contributed by atoms with Crippen molar-refractivity contribution >= 4 is 0 Å². The summed E-state index contributed by atoms with van der Waals surface area (Å²) in [4.78, 5) is 0. The van der Waals surface area contributed by atoms with Gasteiger partial charge in [-0.3, -0.25) is 0 Å². The predicted molar refractivity (Wildman–Crippen MR) is 58.6 cm³/mol. The molecule has 1 rings (SSSR count). The fraction of sp³-hybridized carbons (Fsp3) is 1.00. The quantitative estimate of drug-likeness (QED) is 0.664. The van der Waals surface area contributed by atoms with E-state index in [-0.39, 0.29) is 0 Å². The number of nitrogens with two attached hydrogens (primary N) is 1. The molecule has 0 amide bonds. The Morgan fingerprint density at radius 3 is 2.31 bits per heavy atom. The van der Waals surface area contributed by atoms with Crippen molar-refractivity contribution in [2.45, 2.75) is 59.4 Å². The maximum atomic E-state index is 5.95. The van der Waals surface area contributed by atoms with Gasteiger partial charge in [0.2, 0.25) is 0 Å². The summed E-state index contributed by atoms with van der Waals surface area (Å²) in [6.07, 6.45) is 5.19. The Hall–Kier alpha value is -0.0400. The van der Waals surface area contributed by atoms with Crippen LogP contribution in [0, 0.1) is 17.3 Å². The molecule has 1 fully saturated rings. The van der Waals surface area contributed by atoms with Crippen LogP contribution >= 0.6 is 0 Å². The molecular weight excluding hydrogens is 158 g/mol. The molecule has 3 atom stereocenters. The fourth-order valence-corrected chi connectivity index (χ4v) is 2.59. The molecule has 1 saturated carbocycles. The summed E-state index contributed by atoms with van der Waals surface area (Å²) in [7, 11) is 0. The van der Waals surface area contributed by atoms with Crippen LogP contribution in [0.1, 0.15) is 53.4 Å². The molecule has 0 aromatic heterocycles. The third kappa shape index (κ3) is 3.68. The Kier molecular flexibility index (Phi) is 3.39. The summed E-state index contributed by atoms with van der Waals surface area (Å²) in [6.45, 7) is 9.40. The van der Waals surface area contributed by atoms with Crippen LogP contribution in [-0.4, -0.2) is 6.04 Å². The molecule has 0 bridgehead atoms. The molecule has 0 aromatic rings. The third-order valence-corrected chi connectivity index (χ3v) is 3.26. The van der Waals surface area contributed by atoms with Crippen molar-refractivity contribution in [2.24, 2.45) is 23.0 Å². The molecule has 0 aromatic carbocycles. The summed E-state index contributed by atoms with van der Waals surface area (Å²) >= 11 is 0. The summed E-state index contributed by atoms with van der Waals surface area (Å²) in [5.41, 5.74) is 6.44. The Bertz CT molecular complexity index is 157. The SMILES string of the molecule is CC1CC(N)CCC1CC(C)(C)C. The molecule has 13 heavy (non-hydrogen) atoms. The molecule has 0 radical (unpaired) electrons. The molecule has 0 heterocycles. The van der Waals surface area contributed by atoms with E-state index in [0.717, 1.165) is 11.8 Å². The Balaban J connectivity index is 2.43. The van der Waals surface area contributed by atoms with Gasteiger partial charge in [0, 0.05) is 6.04 Å². The van der Waals surface area contributed by atoms with E-state index in [2.05, 4.69) is 27.7 Å². The van der Waals surface area contributed by atoms with Crippen molar-refractivity contribution in [3.05, 3.63) is 0 Å². The van der Waals surface area contributed by atoms with E-state index in [9.17, 15) is 0 Å². The fourth-order valence-electron chi connectivity index (χ4n) is 2.59. The molecule has 1 aliphatic carbocycles. The van der Waals surface area contributed by atoms with Gasteiger partial charge in [-0.15, -0.1) is 0 Å². The highest BCUT2D eigenvalue weighted by Crippen LogP contribution is 2.37. The average molecular weight is 183 g/mol. The smallest absolute Gasteiger partial charge is 0.00415 e. The predicted octanol–water partition coefficient (Wildman–Crippen LogP) is 3.19. The largest absolute Gasteiger partial charge is 0.328 e. The van der Waals surface area contributed by atoms with Crippen LogP contribution in [-0.2, 0) is 0 Å². The summed E-state index contributed by atoms with van der Waals surface area (Å²) in [5.74, 6) is 1.75. The zero-order valence-electron chi connectivity index (χ0n) is 9.64. The summed E-state index contributed by atoms with van der Waals surface area (Å²) < 4.78 is 0. The highest BCUT2D eigenvalue weighted by atomic mass is 14.6. The van der Waals surface area contributed by atoms with Crippen molar-refractivity contribution in [2.75, 3.05) is 0 Å². The first-order chi connectivity index (χ1) is 5.88. The molecule has 1 heteroatoms. The van der Waals surface area contributed by atoms with Gasteiger partial charge in [0.25, 0.3) is 0 Å². The summed E-state index contributed by atoms with van der Waals surface area (Å²) in [5, 5.41) is 0. The Labute approximate surface area is 83.1 Å². The van der Waals surface area contributed by atoms with Crippen LogP contribution < -0.4 is 5.73 Å². The van der Waals surface area contributed by atoms with Crippen LogP contribution in [0.4, 0.5) is 0 Å². The first-order valence-electron chi connectivity index (χ1n) is 5.64. The minimum atomic E-state index is 0.478. The zero-order chi connectivity index (χ0) is 10.1. The van der Waals surface area contributed by atoms with E-state index in [1.54, 1.807) is 0 Å². The van der Waals surface area contributed by atoms with E-state index in [1.807, 2.05) is 0 Å². The van der Waals surface area contributed by atoms with Crippen LogP contribution in [0.2, 0.25) is 0 Å². The second-order valence-electron chi connectivity index (χ2n) is 6.08. The van der Waals surface area contributed by atoms with Gasteiger partial charge >= 0.3 is 0 Å². The lowest BCUT2D eigenvalue weighted by Crippen LogP contribution is -2.33. The molecular formula is C12H25N. The molecule has 78 valence electrons. The van der Waals surface area contributed by atoms with E-state index < -0.39 is 0 Å². The normalized spacial score (nSPS) is 36.2. The van der Waals surface area contributed by atoms with Crippen LogP contribution in [0.3, 0.4) is 0 Å². The number of rotatable bonds is 1. The van der Waals surface area contributed by atoms with Crippen molar-refractivity contribution < 1.29 is 0 Å². The van der Waals surface area contributed by atoms with Crippen molar-refractivity contribution in [1.29, 1.82) is 0 Å². The van der Waals surface area contributed by atoms with Gasteiger partial charge in [-0.2, -0.15) is 0 Å². The Morgan fingerprint density at radius 1 is 1.23 bits per heavy atom. The standard InChI is InChI=1S/C12H25N/c1-9-7-11(13)6-5-10(9)8-12(2,3)4/h9-11H,5-8,13H2,1-4H3. The van der Waals surface area contributed by atoms with E-state index in [4.69, 9.17) is 5.73 Å². The Morgan fingerprint density at radius 2 is 1.85 bits per heavy atom. The van der Waals surface area contributed by atoms with Crippen LogP contribution in [0.15, 0.2) is 0 Å². The van der Waals surface area contributed by atoms with Crippen LogP contribution in [0.25, 0.3) is 0 Å². The number of hydrogen-bond acceptors (Lipinski definition) is 1. The average Bonchev–Trinajstić information content (AvgIpc) is 1.93. The molecule has 0 aliphatic heterocycles. The van der Waals surface area contributed by atoms with E-state index in [0.29, 0.717) is 11.5 Å².